The Morgan fingerprint density at radius 3 is 2.47 bits per heavy atom. The molecule has 158 valence electrons. The molecule has 3 saturated heterocycles. The highest BCUT2D eigenvalue weighted by Crippen LogP contribution is 2.48. The maximum Gasteiger partial charge on any atom is 0.190 e. The second kappa shape index (κ2) is 7.82. The zero-order chi connectivity index (χ0) is 20.7. The fraction of sp³-hybridized carbons (Fsp3) is 0.440. The predicted molar refractivity (Wildman–Crippen MR) is 113 cm³/mol. The lowest BCUT2D eigenvalue weighted by Gasteiger charge is -2.39. The molecule has 3 heterocycles. The first kappa shape index (κ1) is 19.8. The molecule has 6 atom stereocenters. The molecule has 0 aromatic heterocycles. The Balaban J connectivity index is 1.46. The quantitative estimate of drug-likeness (QED) is 0.744. The summed E-state index contributed by atoms with van der Waals surface area (Å²) >= 11 is 0. The van der Waals surface area contributed by atoms with E-state index in [1.165, 1.54) is 0 Å². The van der Waals surface area contributed by atoms with Crippen LogP contribution in [0.3, 0.4) is 0 Å². The van der Waals surface area contributed by atoms with Crippen LogP contribution in [-0.2, 0) is 18.9 Å². The highest BCUT2D eigenvalue weighted by molar-refractivity contribution is 5.49. The summed E-state index contributed by atoms with van der Waals surface area (Å²) in [5.41, 5.74) is 2.29. The average Bonchev–Trinajstić information content (AvgIpc) is 3.24. The molecule has 0 spiro atoms. The topological polar surface area (TPSA) is 46.2 Å². The van der Waals surface area contributed by atoms with Crippen LogP contribution in [0.25, 0.3) is 6.08 Å². The number of fused-ring (bicyclic) bond motifs is 3. The van der Waals surface area contributed by atoms with Gasteiger partial charge in [-0.3, -0.25) is 0 Å². The van der Waals surface area contributed by atoms with E-state index >= 15 is 0 Å². The smallest absolute Gasteiger partial charge is 0.190 e. The summed E-state index contributed by atoms with van der Waals surface area (Å²) in [6, 6.07) is 18.4. The number of methoxy groups -OCH3 is 1. The van der Waals surface area contributed by atoms with Crippen molar-refractivity contribution >= 4 is 6.08 Å². The molecule has 0 bridgehead atoms. The van der Waals surface area contributed by atoms with E-state index in [4.69, 9.17) is 23.7 Å². The summed E-state index contributed by atoms with van der Waals surface area (Å²) in [6.07, 6.45) is 4.00. The maximum absolute atomic E-state index is 6.51. The number of hydrogen-bond acceptors (Lipinski definition) is 5. The van der Waals surface area contributed by atoms with Crippen molar-refractivity contribution in [3.8, 4) is 5.75 Å². The zero-order valence-electron chi connectivity index (χ0n) is 17.6. The van der Waals surface area contributed by atoms with E-state index in [0.717, 1.165) is 23.3 Å². The van der Waals surface area contributed by atoms with Crippen LogP contribution in [0.15, 0.2) is 60.7 Å². The second-order valence-electron chi connectivity index (χ2n) is 8.56. The SMILES string of the molecule is COc1ccccc1[C@@H]1C[C@H](/C=C/c2ccccc2)O[C@@H]2[C@H]3OC(C)(C)O[C@H]3O[C@@H]21. The molecule has 5 rings (SSSR count). The minimum atomic E-state index is -0.670. The van der Waals surface area contributed by atoms with E-state index in [9.17, 15) is 0 Å². The van der Waals surface area contributed by atoms with Crippen molar-refractivity contribution in [1.82, 2.24) is 0 Å². The number of para-hydroxylation sites is 1. The average molecular weight is 408 g/mol. The van der Waals surface area contributed by atoms with Crippen LogP contribution in [0.2, 0.25) is 0 Å². The summed E-state index contributed by atoms with van der Waals surface area (Å²) in [5, 5.41) is 0. The van der Waals surface area contributed by atoms with Gasteiger partial charge in [0.1, 0.15) is 18.0 Å². The minimum absolute atomic E-state index is 0.0592. The standard InChI is InChI=1S/C25H28O5/c1-25(2)29-23-22-21(28-24(23)30-25)19(18-11-7-8-12-20(18)26-3)15-17(27-22)14-13-16-9-5-4-6-10-16/h4-14,17,19,21-24H,15H2,1-3H3/b14-13+/t17-,19-,21+,22-,23+,24+/m0/s1. The van der Waals surface area contributed by atoms with Crippen LogP contribution in [-0.4, -0.2) is 43.6 Å². The maximum atomic E-state index is 6.51. The van der Waals surface area contributed by atoms with Gasteiger partial charge in [0, 0.05) is 5.92 Å². The molecule has 3 aliphatic rings. The molecule has 30 heavy (non-hydrogen) atoms. The van der Waals surface area contributed by atoms with Crippen molar-refractivity contribution in [2.75, 3.05) is 7.11 Å². The molecule has 0 saturated carbocycles. The first-order chi connectivity index (χ1) is 14.5. The molecule has 0 unspecified atom stereocenters. The summed E-state index contributed by atoms with van der Waals surface area (Å²) in [4.78, 5) is 0. The number of ether oxygens (including phenoxy) is 5. The zero-order valence-corrected chi connectivity index (χ0v) is 17.6. The second-order valence-corrected chi connectivity index (χ2v) is 8.56. The van der Waals surface area contributed by atoms with Crippen LogP contribution in [0.1, 0.15) is 37.3 Å². The summed E-state index contributed by atoms with van der Waals surface area (Å²) in [5.74, 6) is 0.319. The van der Waals surface area contributed by atoms with Crippen molar-refractivity contribution in [2.24, 2.45) is 0 Å². The summed E-state index contributed by atoms with van der Waals surface area (Å²) < 4.78 is 30.7. The van der Waals surface area contributed by atoms with Crippen molar-refractivity contribution < 1.29 is 23.7 Å². The molecule has 5 nitrogen and oxygen atoms in total. The fourth-order valence-electron chi connectivity index (χ4n) is 4.81. The van der Waals surface area contributed by atoms with E-state index in [-0.39, 0.29) is 30.3 Å². The molecule has 3 fully saturated rings. The van der Waals surface area contributed by atoms with Gasteiger partial charge < -0.3 is 23.7 Å². The third-order valence-electron chi connectivity index (χ3n) is 6.08. The molecule has 2 aromatic rings. The molecular weight excluding hydrogens is 380 g/mol. The highest BCUT2D eigenvalue weighted by Gasteiger charge is 2.59. The Hall–Kier alpha value is -2.18. The van der Waals surface area contributed by atoms with Crippen molar-refractivity contribution in [3.05, 3.63) is 71.8 Å². The van der Waals surface area contributed by atoms with E-state index < -0.39 is 12.1 Å². The molecule has 2 aromatic carbocycles. The van der Waals surface area contributed by atoms with E-state index in [1.54, 1.807) is 7.11 Å². The normalized spacial score (nSPS) is 34.6. The van der Waals surface area contributed by atoms with Crippen LogP contribution >= 0.6 is 0 Å². The molecular formula is C25H28O5. The molecule has 0 N–H and O–H groups in total. The first-order valence-corrected chi connectivity index (χ1v) is 10.6. The Kier molecular flexibility index (Phi) is 5.15. The Morgan fingerprint density at radius 2 is 1.67 bits per heavy atom. The summed E-state index contributed by atoms with van der Waals surface area (Å²) in [7, 11) is 1.71. The predicted octanol–water partition coefficient (Wildman–Crippen LogP) is 4.53. The number of hydrogen-bond donors (Lipinski definition) is 0. The van der Waals surface area contributed by atoms with Gasteiger partial charge in [0.2, 0.25) is 0 Å². The van der Waals surface area contributed by atoms with Gasteiger partial charge in [0.05, 0.1) is 19.3 Å². The van der Waals surface area contributed by atoms with Crippen molar-refractivity contribution in [3.63, 3.8) is 0 Å². The third-order valence-corrected chi connectivity index (χ3v) is 6.08. The molecule has 5 heteroatoms. The van der Waals surface area contributed by atoms with E-state index in [1.807, 2.05) is 50.2 Å². The van der Waals surface area contributed by atoms with Gasteiger partial charge in [-0.15, -0.1) is 0 Å². The lowest BCUT2D eigenvalue weighted by molar-refractivity contribution is -0.231. The Bertz CT molecular complexity index is 909. The third kappa shape index (κ3) is 3.67. The number of benzene rings is 2. The fourth-order valence-corrected chi connectivity index (χ4v) is 4.81. The minimum Gasteiger partial charge on any atom is -0.496 e. The van der Waals surface area contributed by atoms with Crippen LogP contribution in [0.4, 0.5) is 0 Å². The van der Waals surface area contributed by atoms with Crippen LogP contribution < -0.4 is 4.74 Å². The van der Waals surface area contributed by atoms with Crippen LogP contribution in [0, 0.1) is 0 Å². The van der Waals surface area contributed by atoms with Gasteiger partial charge in [-0.25, -0.2) is 0 Å². The molecule has 0 aliphatic carbocycles. The number of rotatable bonds is 4. The van der Waals surface area contributed by atoms with Crippen LogP contribution in [0.5, 0.6) is 5.75 Å². The van der Waals surface area contributed by atoms with Gasteiger partial charge >= 0.3 is 0 Å². The van der Waals surface area contributed by atoms with E-state index in [0.29, 0.717) is 0 Å². The van der Waals surface area contributed by atoms with Crippen molar-refractivity contribution in [2.45, 2.75) is 62.7 Å². The molecule has 0 radical (unpaired) electrons. The monoisotopic (exact) mass is 408 g/mol. The van der Waals surface area contributed by atoms with Gasteiger partial charge in [-0.1, -0.05) is 60.7 Å². The largest absolute Gasteiger partial charge is 0.496 e. The molecule has 0 amide bonds. The molecule has 3 aliphatic heterocycles. The van der Waals surface area contributed by atoms with Gasteiger partial charge in [-0.05, 0) is 37.5 Å². The highest BCUT2D eigenvalue weighted by atomic mass is 16.8. The lowest BCUT2D eigenvalue weighted by atomic mass is 9.82. The van der Waals surface area contributed by atoms with Gasteiger partial charge in [-0.2, -0.15) is 0 Å². The van der Waals surface area contributed by atoms with E-state index in [2.05, 4.69) is 30.4 Å². The first-order valence-electron chi connectivity index (χ1n) is 10.6. The summed E-state index contributed by atoms with van der Waals surface area (Å²) in [6.45, 7) is 3.83. The Labute approximate surface area is 177 Å². The lowest BCUT2D eigenvalue weighted by Crippen LogP contribution is -2.46. The van der Waals surface area contributed by atoms with Gasteiger partial charge in [0.25, 0.3) is 0 Å². The van der Waals surface area contributed by atoms with Crippen molar-refractivity contribution in [1.29, 1.82) is 0 Å². The Morgan fingerprint density at radius 1 is 0.900 bits per heavy atom. The van der Waals surface area contributed by atoms with Gasteiger partial charge in [0.15, 0.2) is 12.1 Å².